The van der Waals surface area contributed by atoms with E-state index in [0.717, 1.165) is 13.0 Å². The molecule has 0 aromatic heterocycles. The second-order valence-corrected chi connectivity index (χ2v) is 4.86. The molecule has 1 aliphatic heterocycles. The van der Waals surface area contributed by atoms with Gasteiger partial charge in [-0.25, -0.2) is 0 Å². The smallest absolute Gasteiger partial charge is 0.151 e. The van der Waals surface area contributed by atoms with E-state index in [2.05, 4.69) is 41.8 Å². The molecule has 0 amide bonds. The van der Waals surface area contributed by atoms with Crippen LogP contribution in [-0.4, -0.2) is 24.5 Å². The van der Waals surface area contributed by atoms with Gasteiger partial charge in [0.2, 0.25) is 0 Å². The summed E-state index contributed by atoms with van der Waals surface area (Å²) in [5.74, 6) is 0.223. The Labute approximate surface area is 109 Å². The number of rotatable bonds is 4. The first-order valence-electron chi connectivity index (χ1n) is 6.76. The van der Waals surface area contributed by atoms with E-state index in [1.807, 2.05) is 13.0 Å². The Kier molecular flexibility index (Phi) is 3.60. The summed E-state index contributed by atoms with van der Waals surface area (Å²) in [4.78, 5) is 16.4. The Morgan fingerprint density at radius 3 is 2.39 bits per heavy atom. The molecule has 0 saturated heterocycles. The number of anilines is 2. The van der Waals surface area contributed by atoms with Gasteiger partial charge in [0.05, 0.1) is 17.4 Å². The van der Waals surface area contributed by atoms with Gasteiger partial charge in [0.25, 0.3) is 0 Å². The lowest BCUT2D eigenvalue weighted by molar-refractivity contribution is -0.118. The number of carbonyl (C=O) groups is 1. The van der Waals surface area contributed by atoms with Crippen LogP contribution >= 0.6 is 0 Å². The number of carbonyl (C=O) groups excluding carboxylic acids is 1. The standard InChI is InChI=1S/C15H22N2O/c1-5-15-16(6-2)13-9-7-8-10-14(13)17(15)11(3)12(4)18/h7-11,15H,5-6H2,1-4H3. The average Bonchev–Trinajstić information content (AvgIpc) is 2.70. The van der Waals surface area contributed by atoms with Gasteiger partial charge in [-0.1, -0.05) is 19.1 Å². The minimum Gasteiger partial charge on any atom is -0.350 e. The Hall–Kier alpha value is -1.51. The third-order valence-corrected chi connectivity index (χ3v) is 3.86. The van der Waals surface area contributed by atoms with Gasteiger partial charge in [-0.3, -0.25) is 4.79 Å². The molecule has 2 atom stereocenters. The summed E-state index contributed by atoms with van der Waals surface area (Å²) in [6, 6.07) is 8.31. The molecule has 3 heteroatoms. The quantitative estimate of drug-likeness (QED) is 0.816. The number of ketones is 1. The van der Waals surface area contributed by atoms with Crippen molar-refractivity contribution in [2.24, 2.45) is 0 Å². The van der Waals surface area contributed by atoms with Gasteiger partial charge < -0.3 is 9.80 Å². The van der Waals surface area contributed by atoms with Crippen LogP contribution in [0.25, 0.3) is 0 Å². The van der Waals surface area contributed by atoms with E-state index in [4.69, 9.17) is 0 Å². The van der Waals surface area contributed by atoms with Crippen LogP contribution < -0.4 is 9.80 Å². The highest BCUT2D eigenvalue weighted by Gasteiger charge is 2.37. The zero-order chi connectivity index (χ0) is 13.3. The molecule has 1 aliphatic rings. The van der Waals surface area contributed by atoms with Crippen LogP contribution in [0.15, 0.2) is 24.3 Å². The lowest BCUT2D eigenvalue weighted by Gasteiger charge is -2.34. The molecular formula is C15H22N2O. The van der Waals surface area contributed by atoms with Crippen molar-refractivity contribution >= 4 is 17.2 Å². The van der Waals surface area contributed by atoms with E-state index in [1.165, 1.54) is 11.4 Å². The first-order valence-corrected chi connectivity index (χ1v) is 6.76. The summed E-state index contributed by atoms with van der Waals surface area (Å²) in [5.41, 5.74) is 2.44. The Morgan fingerprint density at radius 2 is 1.89 bits per heavy atom. The largest absolute Gasteiger partial charge is 0.350 e. The van der Waals surface area contributed by atoms with Crippen LogP contribution in [0.1, 0.15) is 34.1 Å². The molecule has 2 rings (SSSR count). The van der Waals surface area contributed by atoms with Crippen LogP contribution in [-0.2, 0) is 4.79 Å². The topological polar surface area (TPSA) is 23.6 Å². The van der Waals surface area contributed by atoms with Crippen LogP contribution in [0.3, 0.4) is 0 Å². The number of hydrogen-bond donors (Lipinski definition) is 0. The molecular weight excluding hydrogens is 224 g/mol. The van der Waals surface area contributed by atoms with Crippen LogP contribution in [0, 0.1) is 0 Å². The van der Waals surface area contributed by atoms with E-state index in [1.54, 1.807) is 6.92 Å². The predicted octanol–water partition coefficient (Wildman–Crippen LogP) is 3.05. The molecule has 0 bridgehead atoms. The minimum atomic E-state index is -0.0624. The molecule has 0 aliphatic carbocycles. The van der Waals surface area contributed by atoms with Crippen LogP contribution in [0.4, 0.5) is 11.4 Å². The molecule has 2 unspecified atom stereocenters. The first-order chi connectivity index (χ1) is 8.61. The lowest BCUT2D eigenvalue weighted by atomic mass is 10.1. The number of Topliss-reactive ketones (excluding diaryl/α,β-unsaturated/α-hetero) is 1. The second kappa shape index (κ2) is 5.01. The molecule has 0 saturated carbocycles. The van der Waals surface area contributed by atoms with Crippen molar-refractivity contribution in [2.75, 3.05) is 16.3 Å². The fraction of sp³-hybridized carbons (Fsp3) is 0.533. The van der Waals surface area contributed by atoms with Gasteiger partial charge >= 0.3 is 0 Å². The van der Waals surface area contributed by atoms with Crippen LogP contribution in [0.5, 0.6) is 0 Å². The molecule has 1 aromatic rings. The molecule has 1 heterocycles. The molecule has 0 spiro atoms. The highest BCUT2D eigenvalue weighted by molar-refractivity contribution is 5.89. The van der Waals surface area contributed by atoms with Gasteiger partial charge in [0, 0.05) is 6.54 Å². The third kappa shape index (κ3) is 1.88. The van der Waals surface area contributed by atoms with Crippen molar-refractivity contribution in [1.82, 2.24) is 0 Å². The molecule has 98 valence electrons. The van der Waals surface area contributed by atoms with E-state index in [9.17, 15) is 4.79 Å². The lowest BCUT2D eigenvalue weighted by Crippen LogP contribution is -2.49. The summed E-state index contributed by atoms with van der Waals surface area (Å²) < 4.78 is 0. The van der Waals surface area contributed by atoms with E-state index in [0.29, 0.717) is 6.17 Å². The van der Waals surface area contributed by atoms with Gasteiger partial charge in [0.15, 0.2) is 5.78 Å². The van der Waals surface area contributed by atoms with Gasteiger partial charge in [-0.15, -0.1) is 0 Å². The van der Waals surface area contributed by atoms with Gasteiger partial charge in [-0.05, 0) is 39.3 Å². The summed E-state index contributed by atoms with van der Waals surface area (Å²) in [5, 5.41) is 0. The highest BCUT2D eigenvalue weighted by atomic mass is 16.1. The molecule has 0 radical (unpaired) electrons. The summed E-state index contributed by atoms with van der Waals surface area (Å²) >= 11 is 0. The molecule has 0 N–H and O–H groups in total. The fourth-order valence-electron chi connectivity index (χ4n) is 2.86. The number of para-hydroxylation sites is 2. The Bertz CT molecular complexity index is 444. The van der Waals surface area contributed by atoms with Crippen LogP contribution in [0.2, 0.25) is 0 Å². The van der Waals surface area contributed by atoms with E-state index >= 15 is 0 Å². The first kappa shape index (κ1) is 12.9. The third-order valence-electron chi connectivity index (χ3n) is 3.86. The maximum Gasteiger partial charge on any atom is 0.151 e. The van der Waals surface area contributed by atoms with E-state index in [-0.39, 0.29) is 11.8 Å². The second-order valence-electron chi connectivity index (χ2n) is 4.86. The van der Waals surface area contributed by atoms with Crippen molar-refractivity contribution in [3.05, 3.63) is 24.3 Å². The number of hydrogen-bond acceptors (Lipinski definition) is 3. The maximum atomic E-state index is 11.7. The Balaban J connectivity index is 2.47. The Morgan fingerprint density at radius 1 is 1.28 bits per heavy atom. The molecule has 1 aromatic carbocycles. The van der Waals surface area contributed by atoms with Gasteiger partial charge in [-0.2, -0.15) is 0 Å². The predicted molar refractivity (Wildman–Crippen MR) is 76.2 cm³/mol. The van der Waals surface area contributed by atoms with Crippen molar-refractivity contribution < 1.29 is 4.79 Å². The SMILES string of the molecule is CCC1N(CC)c2ccccc2N1C(C)C(C)=O. The average molecular weight is 246 g/mol. The normalized spacial score (nSPS) is 19.9. The summed E-state index contributed by atoms with van der Waals surface area (Å²) in [6.07, 6.45) is 1.31. The minimum absolute atomic E-state index is 0.0624. The molecule has 18 heavy (non-hydrogen) atoms. The van der Waals surface area contributed by atoms with E-state index < -0.39 is 0 Å². The molecule has 0 fully saturated rings. The number of nitrogens with zero attached hydrogens (tertiary/aromatic N) is 2. The van der Waals surface area contributed by atoms with Crippen molar-refractivity contribution in [1.29, 1.82) is 0 Å². The van der Waals surface area contributed by atoms with Gasteiger partial charge in [0.1, 0.15) is 6.17 Å². The van der Waals surface area contributed by atoms with Crippen molar-refractivity contribution in [2.45, 2.75) is 46.3 Å². The van der Waals surface area contributed by atoms with Crippen molar-refractivity contribution in [3.8, 4) is 0 Å². The maximum absolute atomic E-state index is 11.7. The monoisotopic (exact) mass is 246 g/mol. The number of benzene rings is 1. The highest BCUT2D eigenvalue weighted by Crippen LogP contribution is 2.41. The zero-order valence-corrected chi connectivity index (χ0v) is 11.7. The molecule has 3 nitrogen and oxygen atoms in total. The van der Waals surface area contributed by atoms with Crippen molar-refractivity contribution in [3.63, 3.8) is 0 Å². The fourth-order valence-corrected chi connectivity index (χ4v) is 2.86. The summed E-state index contributed by atoms with van der Waals surface area (Å²) in [6.45, 7) is 8.99. The zero-order valence-electron chi connectivity index (χ0n) is 11.7. The number of fused-ring (bicyclic) bond motifs is 1. The summed E-state index contributed by atoms with van der Waals surface area (Å²) in [7, 11) is 0.